The molecule has 3 rings (SSSR count). The highest BCUT2D eigenvalue weighted by Gasteiger charge is 2.31. The van der Waals surface area contributed by atoms with Crippen molar-refractivity contribution in [2.24, 2.45) is 0 Å². The number of halogens is 1. The first-order valence-electron chi connectivity index (χ1n) is 8.36. The Labute approximate surface area is 162 Å². The maximum Gasteiger partial charge on any atom is 0.242 e. The highest BCUT2D eigenvalue weighted by atomic mass is 79.9. The van der Waals surface area contributed by atoms with Gasteiger partial charge < -0.3 is 4.90 Å². The molecular weight excluding hydrogens is 416 g/mol. The fraction of sp³-hybridized carbons (Fsp3) is 0.316. The first kappa shape index (κ1) is 19.1. The molecule has 138 valence electrons. The zero-order valence-electron chi connectivity index (χ0n) is 14.9. The predicted molar refractivity (Wildman–Crippen MR) is 106 cm³/mol. The lowest BCUT2D eigenvalue weighted by Gasteiger charge is -2.21. The van der Waals surface area contributed by atoms with Crippen molar-refractivity contribution in [2.45, 2.75) is 44.7 Å². The Balaban J connectivity index is 1.90. The van der Waals surface area contributed by atoms with E-state index in [4.69, 9.17) is 0 Å². The van der Waals surface area contributed by atoms with E-state index in [2.05, 4.69) is 20.7 Å². The number of sulfonamides is 1. The largest absolute Gasteiger partial charge is 0.309 e. The topological polar surface area (TPSA) is 66.5 Å². The van der Waals surface area contributed by atoms with Gasteiger partial charge in [0.15, 0.2) is 0 Å². The van der Waals surface area contributed by atoms with E-state index in [9.17, 15) is 13.2 Å². The van der Waals surface area contributed by atoms with E-state index < -0.39 is 10.0 Å². The molecule has 7 heteroatoms. The van der Waals surface area contributed by atoms with Crippen LogP contribution in [0.1, 0.15) is 30.5 Å². The van der Waals surface area contributed by atoms with Crippen LogP contribution < -0.4 is 9.62 Å². The van der Waals surface area contributed by atoms with E-state index in [1.807, 2.05) is 38.1 Å². The fourth-order valence-electron chi connectivity index (χ4n) is 3.27. The van der Waals surface area contributed by atoms with Gasteiger partial charge in [0.05, 0.1) is 4.90 Å². The molecule has 2 aromatic rings. The smallest absolute Gasteiger partial charge is 0.242 e. The van der Waals surface area contributed by atoms with Crippen molar-refractivity contribution in [3.05, 3.63) is 57.6 Å². The minimum Gasteiger partial charge on any atom is -0.309 e. The third-order valence-electron chi connectivity index (χ3n) is 4.56. The summed E-state index contributed by atoms with van der Waals surface area (Å²) in [6, 6.07) is 11.1. The Morgan fingerprint density at radius 1 is 1.27 bits per heavy atom. The van der Waals surface area contributed by atoms with Crippen molar-refractivity contribution < 1.29 is 13.2 Å². The second kappa shape index (κ2) is 7.13. The highest BCUT2D eigenvalue weighted by molar-refractivity contribution is 9.10. The molecular formula is C19H21BrN2O3S. The molecule has 1 atom stereocenters. The van der Waals surface area contributed by atoms with Gasteiger partial charge in [0.25, 0.3) is 0 Å². The Morgan fingerprint density at radius 2 is 1.92 bits per heavy atom. The quantitative estimate of drug-likeness (QED) is 0.796. The van der Waals surface area contributed by atoms with Crippen LogP contribution in [0.4, 0.5) is 5.69 Å². The van der Waals surface area contributed by atoms with Gasteiger partial charge in [0.2, 0.25) is 15.9 Å². The van der Waals surface area contributed by atoms with Crippen LogP contribution in [0.3, 0.4) is 0 Å². The number of nitrogens with one attached hydrogen (secondary N) is 1. The molecule has 1 N–H and O–H groups in total. The average molecular weight is 437 g/mol. The summed E-state index contributed by atoms with van der Waals surface area (Å²) < 4.78 is 28.8. The van der Waals surface area contributed by atoms with Crippen molar-refractivity contribution in [2.75, 3.05) is 4.90 Å². The van der Waals surface area contributed by atoms with Gasteiger partial charge in [-0.05, 0) is 59.5 Å². The predicted octanol–water partition coefficient (Wildman–Crippen LogP) is 3.53. The zero-order valence-corrected chi connectivity index (χ0v) is 17.3. The van der Waals surface area contributed by atoms with E-state index in [-0.39, 0.29) is 23.4 Å². The van der Waals surface area contributed by atoms with Gasteiger partial charge in [-0.25, -0.2) is 13.1 Å². The van der Waals surface area contributed by atoms with Crippen LogP contribution in [0.15, 0.2) is 45.8 Å². The first-order chi connectivity index (χ1) is 12.2. The summed E-state index contributed by atoms with van der Waals surface area (Å²) in [5, 5.41) is 0. The van der Waals surface area contributed by atoms with Crippen molar-refractivity contribution in [1.29, 1.82) is 0 Å². The molecule has 0 unspecified atom stereocenters. The van der Waals surface area contributed by atoms with Crippen molar-refractivity contribution in [3.8, 4) is 0 Å². The number of carbonyl (C=O) groups is 1. The van der Waals surface area contributed by atoms with Crippen LogP contribution >= 0.6 is 15.9 Å². The van der Waals surface area contributed by atoms with Crippen molar-refractivity contribution >= 4 is 37.5 Å². The summed E-state index contributed by atoms with van der Waals surface area (Å²) in [6.07, 6.45) is 0.713. The SMILES string of the molecule is CC(=O)N1c2cc(S(=O)(=O)NCc3ccc(C)cc3)c(Br)cc2C[C@H]1C. The molecule has 26 heavy (non-hydrogen) atoms. The van der Waals surface area contributed by atoms with E-state index in [1.54, 1.807) is 17.0 Å². The molecule has 0 radical (unpaired) electrons. The van der Waals surface area contributed by atoms with Crippen LogP contribution in [0.25, 0.3) is 0 Å². The Morgan fingerprint density at radius 3 is 2.54 bits per heavy atom. The second-order valence-corrected chi connectivity index (χ2v) is 9.25. The average Bonchev–Trinajstić information content (AvgIpc) is 2.88. The van der Waals surface area contributed by atoms with Gasteiger partial charge in [0.1, 0.15) is 0 Å². The lowest BCUT2D eigenvalue weighted by molar-refractivity contribution is -0.116. The highest BCUT2D eigenvalue weighted by Crippen LogP contribution is 2.37. The lowest BCUT2D eigenvalue weighted by atomic mass is 10.1. The standard InChI is InChI=1S/C19H21BrN2O3S/c1-12-4-6-15(7-5-12)11-21-26(24,25)19-10-18-16(9-17(19)20)8-13(2)22(18)14(3)23/h4-7,9-10,13,21H,8,11H2,1-3H3/t13-/m1/s1. The fourth-order valence-corrected chi connectivity index (χ4v) is 5.39. The number of carbonyl (C=O) groups excluding carboxylic acids is 1. The molecule has 1 amide bonds. The van der Waals surface area contributed by atoms with Crippen LogP contribution in [-0.2, 0) is 27.8 Å². The van der Waals surface area contributed by atoms with E-state index in [0.717, 1.165) is 16.7 Å². The number of amides is 1. The summed E-state index contributed by atoms with van der Waals surface area (Å²) >= 11 is 3.38. The van der Waals surface area contributed by atoms with E-state index in [1.165, 1.54) is 6.92 Å². The summed E-state index contributed by atoms with van der Waals surface area (Å²) in [6.45, 7) is 5.65. The number of hydrogen-bond donors (Lipinski definition) is 1. The van der Waals surface area contributed by atoms with E-state index >= 15 is 0 Å². The molecule has 0 fully saturated rings. The molecule has 0 saturated carbocycles. The summed E-state index contributed by atoms with van der Waals surface area (Å²) in [5.41, 5.74) is 3.65. The normalized spacial score (nSPS) is 16.6. The minimum atomic E-state index is -3.72. The third-order valence-corrected chi connectivity index (χ3v) is 6.92. The van der Waals surface area contributed by atoms with Crippen molar-refractivity contribution in [1.82, 2.24) is 4.72 Å². The van der Waals surface area contributed by atoms with Gasteiger partial charge >= 0.3 is 0 Å². The Kier molecular flexibility index (Phi) is 5.23. The number of benzene rings is 2. The number of aryl methyl sites for hydroxylation is 1. The molecule has 0 aromatic heterocycles. The van der Waals surface area contributed by atoms with Crippen molar-refractivity contribution in [3.63, 3.8) is 0 Å². The number of anilines is 1. The second-order valence-electron chi connectivity index (χ2n) is 6.66. The first-order valence-corrected chi connectivity index (χ1v) is 10.6. The van der Waals surface area contributed by atoms with Crippen LogP contribution in [0, 0.1) is 6.92 Å². The van der Waals surface area contributed by atoms with Gasteiger partial charge in [-0.3, -0.25) is 4.79 Å². The Hall–Kier alpha value is -1.70. The molecule has 5 nitrogen and oxygen atoms in total. The molecule has 0 aliphatic carbocycles. The third kappa shape index (κ3) is 3.70. The van der Waals surface area contributed by atoms with Gasteiger partial charge in [-0.1, -0.05) is 29.8 Å². The van der Waals surface area contributed by atoms with Crippen LogP contribution in [0.2, 0.25) is 0 Å². The molecule has 1 aliphatic rings. The van der Waals surface area contributed by atoms with Gasteiger partial charge in [-0.15, -0.1) is 0 Å². The van der Waals surface area contributed by atoms with Crippen LogP contribution in [0.5, 0.6) is 0 Å². The Bertz CT molecular complexity index is 955. The summed E-state index contributed by atoms with van der Waals surface area (Å²) in [4.78, 5) is 13.7. The zero-order chi connectivity index (χ0) is 19.1. The number of rotatable bonds is 4. The molecule has 0 spiro atoms. The number of hydrogen-bond acceptors (Lipinski definition) is 3. The lowest BCUT2D eigenvalue weighted by Crippen LogP contribution is -2.33. The minimum absolute atomic E-state index is 0.0212. The summed E-state index contributed by atoms with van der Waals surface area (Å²) in [5.74, 6) is -0.0884. The molecule has 1 heterocycles. The number of nitrogens with zero attached hydrogens (tertiary/aromatic N) is 1. The van der Waals surface area contributed by atoms with Crippen LogP contribution in [-0.4, -0.2) is 20.4 Å². The molecule has 0 saturated heterocycles. The molecule has 2 aromatic carbocycles. The number of fused-ring (bicyclic) bond motifs is 1. The van der Waals surface area contributed by atoms with E-state index in [0.29, 0.717) is 16.6 Å². The molecule has 0 bridgehead atoms. The summed E-state index contributed by atoms with van der Waals surface area (Å²) in [7, 11) is -3.72. The molecule has 1 aliphatic heterocycles. The maximum absolute atomic E-state index is 12.8. The maximum atomic E-state index is 12.8. The monoisotopic (exact) mass is 436 g/mol. The van der Waals surface area contributed by atoms with Gasteiger partial charge in [-0.2, -0.15) is 0 Å². The van der Waals surface area contributed by atoms with Gasteiger partial charge in [0, 0.05) is 29.7 Å².